The van der Waals surface area contributed by atoms with Gasteiger partial charge in [0.2, 0.25) is 0 Å². The van der Waals surface area contributed by atoms with Gasteiger partial charge in [0.25, 0.3) is 0 Å². The van der Waals surface area contributed by atoms with E-state index in [0.29, 0.717) is 13.0 Å². The summed E-state index contributed by atoms with van der Waals surface area (Å²) in [6, 6.07) is 14.5. The lowest BCUT2D eigenvalue weighted by Crippen LogP contribution is -1.98. The molecule has 0 spiro atoms. The first-order valence-electron chi connectivity index (χ1n) is 5.48. The number of fused-ring (bicyclic) bond motifs is 1. The van der Waals surface area contributed by atoms with Crippen LogP contribution in [0.4, 0.5) is 0 Å². The Kier molecular flexibility index (Phi) is 2.13. The van der Waals surface area contributed by atoms with E-state index in [9.17, 15) is 4.79 Å². The summed E-state index contributed by atoms with van der Waals surface area (Å²) in [5.74, 6) is 0.136. The lowest BCUT2D eigenvalue weighted by atomic mass is 9.93. The van der Waals surface area contributed by atoms with E-state index < -0.39 is 0 Å². The summed E-state index contributed by atoms with van der Waals surface area (Å²) >= 11 is 0. The first-order chi connectivity index (χ1) is 7.84. The second-order valence-electron chi connectivity index (χ2n) is 4.15. The molecule has 16 heavy (non-hydrogen) atoms. The van der Waals surface area contributed by atoms with Gasteiger partial charge in [-0.15, -0.1) is 0 Å². The third kappa shape index (κ3) is 1.47. The van der Waals surface area contributed by atoms with E-state index in [0.717, 1.165) is 0 Å². The highest BCUT2D eigenvalue weighted by molar-refractivity contribution is 5.87. The third-order valence-electron chi connectivity index (χ3n) is 3.12. The molecule has 2 aromatic rings. The minimum atomic E-state index is -0.0852. The van der Waals surface area contributed by atoms with E-state index in [1.165, 1.54) is 16.3 Å². The summed E-state index contributed by atoms with van der Waals surface area (Å²) in [4.78, 5) is 11.1. The molecule has 0 bridgehead atoms. The molecule has 1 fully saturated rings. The molecule has 0 aromatic heterocycles. The maximum absolute atomic E-state index is 11.1. The molecule has 2 heteroatoms. The van der Waals surface area contributed by atoms with Gasteiger partial charge in [-0.05, 0) is 16.3 Å². The van der Waals surface area contributed by atoms with Crippen LogP contribution in [0, 0.1) is 0 Å². The van der Waals surface area contributed by atoms with Gasteiger partial charge in [0.1, 0.15) is 0 Å². The Bertz CT molecular complexity index is 540. The van der Waals surface area contributed by atoms with Crippen LogP contribution in [0.2, 0.25) is 0 Å². The monoisotopic (exact) mass is 212 g/mol. The molecular weight excluding hydrogens is 200 g/mol. The summed E-state index contributed by atoms with van der Waals surface area (Å²) < 4.78 is 5.03. The van der Waals surface area contributed by atoms with E-state index in [4.69, 9.17) is 4.74 Å². The maximum atomic E-state index is 11.1. The van der Waals surface area contributed by atoms with Gasteiger partial charge in [-0.1, -0.05) is 42.5 Å². The molecule has 2 nitrogen and oxygen atoms in total. The van der Waals surface area contributed by atoms with Crippen molar-refractivity contribution in [3.05, 3.63) is 48.0 Å². The number of carbonyl (C=O) groups is 1. The molecule has 0 saturated carbocycles. The Morgan fingerprint density at radius 3 is 2.69 bits per heavy atom. The highest BCUT2D eigenvalue weighted by Crippen LogP contribution is 2.31. The van der Waals surface area contributed by atoms with Crippen molar-refractivity contribution in [2.24, 2.45) is 0 Å². The van der Waals surface area contributed by atoms with Crippen molar-refractivity contribution < 1.29 is 9.53 Å². The van der Waals surface area contributed by atoms with E-state index in [1.807, 2.05) is 18.2 Å². The molecule has 0 radical (unpaired) electrons. The predicted molar refractivity (Wildman–Crippen MR) is 62.3 cm³/mol. The van der Waals surface area contributed by atoms with Gasteiger partial charge in [0.15, 0.2) is 0 Å². The summed E-state index contributed by atoms with van der Waals surface area (Å²) in [7, 11) is 0. The molecule has 1 aliphatic rings. The van der Waals surface area contributed by atoms with Crippen molar-refractivity contribution in [2.75, 3.05) is 6.61 Å². The molecule has 1 unspecified atom stereocenters. The Balaban J connectivity index is 2.13. The number of cyclic esters (lactones) is 1. The molecule has 3 rings (SSSR count). The van der Waals surface area contributed by atoms with Gasteiger partial charge in [-0.25, -0.2) is 0 Å². The molecule has 80 valence electrons. The van der Waals surface area contributed by atoms with Crippen LogP contribution < -0.4 is 0 Å². The fourth-order valence-electron chi connectivity index (χ4n) is 2.32. The number of ether oxygens (including phenoxy) is 1. The fourth-order valence-corrected chi connectivity index (χ4v) is 2.32. The zero-order valence-electron chi connectivity index (χ0n) is 8.85. The van der Waals surface area contributed by atoms with Crippen LogP contribution in [0.25, 0.3) is 10.8 Å². The predicted octanol–water partition coefficient (Wildman–Crippen LogP) is 2.87. The van der Waals surface area contributed by atoms with Gasteiger partial charge >= 0.3 is 5.97 Å². The number of carbonyl (C=O) groups excluding carboxylic acids is 1. The van der Waals surface area contributed by atoms with E-state index in [2.05, 4.69) is 24.3 Å². The van der Waals surface area contributed by atoms with Crippen molar-refractivity contribution in [1.29, 1.82) is 0 Å². The van der Waals surface area contributed by atoms with E-state index in [-0.39, 0.29) is 11.9 Å². The Labute approximate surface area is 93.8 Å². The summed E-state index contributed by atoms with van der Waals surface area (Å²) in [6.07, 6.45) is 0.508. The summed E-state index contributed by atoms with van der Waals surface area (Å²) in [5, 5.41) is 2.45. The molecule has 0 amide bonds. The van der Waals surface area contributed by atoms with Gasteiger partial charge in [0.05, 0.1) is 13.0 Å². The van der Waals surface area contributed by atoms with Gasteiger partial charge < -0.3 is 4.74 Å². The second-order valence-corrected chi connectivity index (χ2v) is 4.15. The number of rotatable bonds is 1. The molecule has 0 aliphatic carbocycles. The van der Waals surface area contributed by atoms with Crippen LogP contribution >= 0.6 is 0 Å². The van der Waals surface area contributed by atoms with Crippen molar-refractivity contribution in [1.82, 2.24) is 0 Å². The summed E-state index contributed by atoms with van der Waals surface area (Å²) in [5.41, 5.74) is 1.23. The number of hydrogen-bond acceptors (Lipinski definition) is 2. The zero-order chi connectivity index (χ0) is 11.0. The van der Waals surface area contributed by atoms with Crippen LogP contribution in [0.1, 0.15) is 17.9 Å². The lowest BCUT2D eigenvalue weighted by Gasteiger charge is -2.10. The lowest BCUT2D eigenvalue weighted by molar-refractivity contribution is -0.137. The number of esters is 1. The quantitative estimate of drug-likeness (QED) is 0.679. The molecule has 1 heterocycles. The van der Waals surface area contributed by atoms with Crippen LogP contribution in [-0.4, -0.2) is 12.6 Å². The van der Waals surface area contributed by atoms with Gasteiger partial charge in [0, 0.05) is 5.92 Å². The molecule has 1 atom stereocenters. The van der Waals surface area contributed by atoms with Crippen LogP contribution in [0.3, 0.4) is 0 Å². The molecule has 0 N–H and O–H groups in total. The fraction of sp³-hybridized carbons (Fsp3) is 0.214. The van der Waals surface area contributed by atoms with Crippen molar-refractivity contribution >= 4 is 16.7 Å². The van der Waals surface area contributed by atoms with Crippen molar-refractivity contribution in [3.63, 3.8) is 0 Å². The van der Waals surface area contributed by atoms with E-state index in [1.54, 1.807) is 0 Å². The Morgan fingerprint density at radius 1 is 1.06 bits per heavy atom. The number of benzene rings is 2. The van der Waals surface area contributed by atoms with Gasteiger partial charge in [-0.3, -0.25) is 4.79 Å². The minimum absolute atomic E-state index is 0.0852. The maximum Gasteiger partial charge on any atom is 0.306 e. The average molecular weight is 212 g/mol. The SMILES string of the molecule is O=C1CC(c2cccc3ccccc23)CO1. The van der Waals surface area contributed by atoms with Crippen LogP contribution in [-0.2, 0) is 9.53 Å². The summed E-state index contributed by atoms with van der Waals surface area (Å²) in [6.45, 7) is 0.521. The average Bonchev–Trinajstić information content (AvgIpc) is 2.75. The smallest absolute Gasteiger partial charge is 0.306 e. The van der Waals surface area contributed by atoms with Gasteiger partial charge in [-0.2, -0.15) is 0 Å². The van der Waals surface area contributed by atoms with Crippen molar-refractivity contribution in [3.8, 4) is 0 Å². The first kappa shape index (κ1) is 9.40. The van der Waals surface area contributed by atoms with Crippen LogP contribution in [0.15, 0.2) is 42.5 Å². The van der Waals surface area contributed by atoms with E-state index >= 15 is 0 Å². The normalized spacial score (nSPS) is 20.0. The first-order valence-corrected chi connectivity index (χ1v) is 5.48. The number of hydrogen-bond donors (Lipinski definition) is 0. The largest absolute Gasteiger partial charge is 0.465 e. The Morgan fingerprint density at radius 2 is 1.88 bits per heavy atom. The highest BCUT2D eigenvalue weighted by Gasteiger charge is 2.26. The molecule has 2 aromatic carbocycles. The topological polar surface area (TPSA) is 26.3 Å². The highest BCUT2D eigenvalue weighted by atomic mass is 16.5. The molecule has 1 aliphatic heterocycles. The third-order valence-corrected chi connectivity index (χ3v) is 3.12. The zero-order valence-corrected chi connectivity index (χ0v) is 8.85. The molecule has 1 saturated heterocycles. The Hall–Kier alpha value is -1.83. The van der Waals surface area contributed by atoms with Crippen LogP contribution in [0.5, 0.6) is 0 Å². The second kappa shape index (κ2) is 3.63. The van der Waals surface area contributed by atoms with Crippen molar-refractivity contribution in [2.45, 2.75) is 12.3 Å². The minimum Gasteiger partial charge on any atom is -0.465 e. The standard InChI is InChI=1S/C14H12O2/c15-14-8-11(9-16-14)13-7-3-5-10-4-1-2-6-12(10)13/h1-7,11H,8-9H2. The molecular formula is C14H12O2.